The monoisotopic (exact) mass is 333 g/mol. The molecule has 122 valence electrons. The maximum absolute atomic E-state index is 12.6. The molecule has 0 aliphatic heterocycles. The summed E-state index contributed by atoms with van der Waals surface area (Å²) in [6, 6.07) is 13.5. The smallest absolute Gasteiger partial charge is 0.298 e. The number of nitro benzene ring substituents is 1. The largest absolute Gasteiger partial charge is 0.349 e. The minimum atomic E-state index is -0.485. The molecule has 0 unspecified atom stereocenters. The first-order chi connectivity index (χ1) is 12.1. The van der Waals surface area contributed by atoms with Crippen LogP contribution in [0.5, 0.6) is 0 Å². The predicted molar refractivity (Wildman–Crippen MR) is 93.9 cm³/mol. The van der Waals surface area contributed by atoms with Crippen LogP contribution in [0.4, 0.5) is 5.69 Å². The molecule has 8 nitrogen and oxygen atoms in total. The lowest BCUT2D eigenvalue weighted by atomic mass is 10.2. The van der Waals surface area contributed by atoms with Gasteiger partial charge in [-0.05, 0) is 6.07 Å². The number of benzene rings is 2. The number of aromatic amines is 1. The summed E-state index contributed by atoms with van der Waals surface area (Å²) in [6.07, 6.45) is 2.71. The number of H-pyrrole nitrogens is 1. The number of hydrogen-bond acceptors (Lipinski definition) is 5. The number of non-ortho nitro benzene ring substituents is 1. The fourth-order valence-electron chi connectivity index (χ4n) is 2.63. The molecule has 8 heteroatoms. The summed E-state index contributed by atoms with van der Waals surface area (Å²) in [5.74, 6) is 0. The summed E-state index contributed by atoms with van der Waals surface area (Å²) >= 11 is 0. The van der Waals surface area contributed by atoms with Gasteiger partial charge in [0.2, 0.25) is 0 Å². The van der Waals surface area contributed by atoms with Crippen LogP contribution in [0.2, 0.25) is 0 Å². The van der Waals surface area contributed by atoms with E-state index >= 15 is 0 Å². The van der Waals surface area contributed by atoms with E-state index in [0.717, 1.165) is 15.6 Å². The summed E-state index contributed by atoms with van der Waals surface area (Å²) < 4.78 is 1.09. The Kier molecular flexibility index (Phi) is 3.35. The zero-order valence-electron chi connectivity index (χ0n) is 12.8. The first-order valence-corrected chi connectivity index (χ1v) is 7.40. The van der Waals surface area contributed by atoms with E-state index in [1.807, 2.05) is 24.3 Å². The number of nitrogens with zero attached hydrogens (tertiary/aromatic N) is 4. The molecule has 2 aromatic heterocycles. The van der Waals surface area contributed by atoms with Crippen molar-refractivity contribution in [1.29, 1.82) is 0 Å². The quantitative estimate of drug-likeness (QED) is 0.353. The number of rotatable bonds is 3. The molecular formula is C17H11N5O3. The van der Waals surface area contributed by atoms with Crippen LogP contribution < -0.4 is 5.56 Å². The van der Waals surface area contributed by atoms with Crippen molar-refractivity contribution in [2.45, 2.75) is 0 Å². The van der Waals surface area contributed by atoms with Gasteiger partial charge in [0.15, 0.2) is 0 Å². The van der Waals surface area contributed by atoms with Gasteiger partial charge in [-0.1, -0.05) is 30.3 Å². The highest BCUT2D eigenvalue weighted by atomic mass is 16.6. The van der Waals surface area contributed by atoms with Gasteiger partial charge in [0.1, 0.15) is 17.4 Å². The summed E-state index contributed by atoms with van der Waals surface area (Å²) in [4.78, 5) is 30.2. The van der Waals surface area contributed by atoms with Gasteiger partial charge in [-0.15, -0.1) is 0 Å². The van der Waals surface area contributed by atoms with Crippen LogP contribution in [-0.4, -0.2) is 25.8 Å². The van der Waals surface area contributed by atoms with Crippen molar-refractivity contribution in [3.8, 4) is 0 Å². The topological polar surface area (TPSA) is 106 Å². The van der Waals surface area contributed by atoms with Crippen molar-refractivity contribution in [3.63, 3.8) is 0 Å². The highest BCUT2D eigenvalue weighted by molar-refractivity contribution is 6.04. The molecular weight excluding hydrogens is 322 g/mol. The maximum atomic E-state index is 12.6. The molecule has 0 atom stereocenters. The maximum Gasteiger partial charge on any atom is 0.298 e. The summed E-state index contributed by atoms with van der Waals surface area (Å²) in [7, 11) is 0. The lowest BCUT2D eigenvalue weighted by molar-refractivity contribution is -0.384. The lowest BCUT2D eigenvalue weighted by Crippen LogP contribution is -2.17. The van der Waals surface area contributed by atoms with Gasteiger partial charge in [0.05, 0.1) is 11.1 Å². The van der Waals surface area contributed by atoms with Crippen molar-refractivity contribution in [2.75, 3.05) is 0 Å². The Morgan fingerprint density at radius 3 is 2.88 bits per heavy atom. The fraction of sp³-hybridized carbons (Fsp3) is 0. The zero-order chi connectivity index (χ0) is 17.4. The molecule has 0 saturated carbocycles. The van der Waals surface area contributed by atoms with Gasteiger partial charge in [0.25, 0.3) is 11.2 Å². The first-order valence-electron chi connectivity index (χ1n) is 7.40. The molecule has 0 spiro atoms. The van der Waals surface area contributed by atoms with E-state index in [1.165, 1.54) is 24.7 Å². The molecule has 4 aromatic rings. The molecule has 0 radical (unpaired) electrons. The second kappa shape index (κ2) is 5.68. The second-order valence-electron chi connectivity index (χ2n) is 5.39. The highest BCUT2D eigenvalue weighted by Crippen LogP contribution is 2.20. The van der Waals surface area contributed by atoms with Crippen molar-refractivity contribution < 1.29 is 4.92 Å². The van der Waals surface area contributed by atoms with Crippen LogP contribution >= 0.6 is 0 Å². The van der Waals surface area contributed by atoms with Crippen LogP contribution in [0.25, 0.3) is 21.9 Å². The van der Waals surface area contributed by atoms with Gasteiger partial charge in [-0.3, -0.25) is 14.9 Å². The van der Waals surface area contributed by atoms with Crippen LogP contribution in [-0.2, 0) is 0 Å². The molecule has 0 aliphatic carbocycles. The Hall–Kier alpha value is -3.81. The van der Waals surface area contributed by atoms with Gasteiger partial charge in [-0.25, -0.2) is 4.98 Å². The van der Waals surface area contributed by atoms with Crippen LogP contribution in [0, 0.1) is 10.1 Å². The fourth-order valence-corrected chi connectivity index (χ4v) is 2.63. The Bertz CT molecular complexity index is 1210. The van der Waals surface area contributed by atoms with E-state index in [1.54, 1.807) is 12.1 Å². The molecule has 0 amide bonds. The number of hydrogen-bond donors (Lipinski definition) is 1. The molecule has 2 aromatic carbocycles. The van der Waals surface area contributed by atoms with Crippen LogP contribution in [0.15, 0.2) is 64.8 Å². The van der Waals surface area contributed by atoms with Gasteiger partial charge >= 0.3 is 0 Å². The normalized spacial score (nSPS) is 11.5. The summed E-state index contributed by atoms with van der Waals surface area (Å²) in [5, 5.41) is 15.7. The Labute approximate surface area is 140 Å². The number of nitro groups is 1. The SMILES string of the molecule is O=c1c2[nH]c3ccccc3c2ncn1/N=C/c1cccc([N+](=O)[O-])c1. The Balaban J connectivity index is 1.78. The van der Waals surface area contributed by atoms with E-state index in [9.17, 15) is 14.9 Å². The molecule has 2 heterocycles. The third kappa shape index (κ3) is 2.55. The molecule has 0 saturated heterocycles. The summed E-state index contributed by atoms with van der Waals surface area (Å²) in [6.45, 7) is 0. The number of para-hydroxylation sites is 1. The third-order valence-electron chi connectivity index (χ3n) is 3.81. The standard InChI is InChI=1S/C17H11N5O3/c23-17-16-15(13-6-1-2-7-14(13)20-16)18-10-21(17)19-9-11-4-3-5-12(8-11)22(24)25/h1-10,20H/b19-9+. The first kappa shape index (κ1) is 14.8. The van der Waals surface area contributed by atoms with Crippen LogP contribution in [0.1, 0.15) is 5.56 Å². The van der Waals surface area contributed by atoms with E-state index < -0.39 is 4.92 Å². The van der Waals surface area contributed by atoms with Crippen molar-refractivity contribution in [1.82, 2.24) is 14.6 Å². The Morgan fingerprint density at radius 1 is 1.20 bits per heavy atom. The molecule has 0 bridgehead atoms. The van der Waals surface area contributed by atoms with Crippen LogP contribution in [0.3, 0.4) is 0 Å². The molecule has 1 N–H and O–H groups in total. The average molecular weight is 333 g/mol. The molecule has 25 heavy (non-hydrogen) atoms. The molecule has 4 rings (SSSR count). The molecule has 0 fully saturated rings. The van der Waals surface area contributed by atoms with E-state index in [0.29, 0.717) is 16.6 Å². The number of aromatic nitrogens is 3. The second-order valence-corrected chi connectivity index (χ2v) is 5.39. The van der Waals surface area contributed by atoms with Crippen molar-refractivity contribution >= 4 is 33.8 Å². The van der Waals surface area contributed by atoms with Gasteiger partial charge < -0.3 is 4.98 Å². The average Bonchev–Trinajstić information content (AvgIpc) is 3.01. The minimum absolute atomic E-state index is 0.0412. The molecule has 0 aliphatic rings. The number of fused-ring (bicyclic) bond motifs is 3. The summed E-state index contributed by atoms with van der Waals surface area (Å²) in [5.41, 5.74) is 1.89. The van der Waals surface area contributed by atoms with E-state index in [4.69, 9.17) is 0 Å². The van der Waals surface area contributed by atoms with Gasteiger partial charge in [-0.2, -0.15) is 9.78 Å². The minimum Gasteiger partial charge on any atom is -0.349 e. The predicted octanol–water partition coefficient (Wildman–Crippen LogP) is 2.67. The highest BCUT2D eigenvalue weighted by Gasteiger charge is 2.10. The zero-order valence-corrected chi connectivity index (χ0v) is 12.8. The van der Waals surface area contributed by atoms with Crippen molar-refractivity contribution in [2.24, 2.45) is 5.10 Å². The van der Waals surface area contributed by atoms with E-state index in [2.05, 4.69) is 15.1 Å². The Morgan fingerprint density at radius 2 is 2.04 bits per heavy atom. The third-order valence-corrected chi connectivity index (χ3v) is 3.81. The van der Waals surface area contributed by atoms with Crippen molar-refractivity contribution in [3.05, 3.63) is 80.9 Å². The lowest BCUT2D eigenvalue weighted by Gasteiger charge is -1.98. The number of nitrogens with one attached hydrogen (secondary N) is 1. The van der Waals surface area contributed by atoms with Gasteiger partial charge in [0, 0.05) is 28.6 Å². The van der Waals surface area contributed by atoms with E-state index in [-0.39, 0.29) is 11.2 Å².